The van der Waals surface area contributed by atoms with Crippen LogP contribution in [0, 0.1) is 0 Å². The van der Waals surface area contributed by atoms with Crippen molar-refractivity contribution in [1.29, 1.82) is 0 Å². The van der Waals surface area contributed by atoms with Gasteiger partial charge in [-0.3, -0.25) is 14.9 Å². The monoisotopic (exact) mass is 511 g/mol. The molecule has 0 unspecified atom stereocenters. The first-order valence-corrected chi connectivity index (χ1v) is 10.6. The van der Waals surface area contributed by atoms with E-state index in [1.54, 1.807) is 42.5 Å². The van der Waals surface area contributed by atoms with Gasteiger partial charge in [0.15, 0.2) is 6.10 Å². The van der Waals surface area contributed by atoms with Gasteiger partial charge in [-0.15, -0.1) is 0 Å². The molecule has 0 aliphatic carbocycles. The van der Waals surface area contributed by atoms with Crippen LogP contribution in [0.15, 0.2) is 53.0 Å². The van der Waals surface area contributed by atoms with E-state index in [1.165, 1.54) is 13.2 Å². The minimum atomic E-state index is -1.10. The number of hydrogen-bond acceptors (Lipinski definition) is 8. The lowest BCUT2D eigenvalue weighted by atomic mass is 10.0. The Morgan fingerprint density at radius 2 is 1.87 bits per heavy atom. The molecule has 2 amide bonds. The smallest absolute Gasteiger partial charge is 0.414 e. The average molecular weight is 512 g/mol. The zero-order valence-electron chi connectivity index (χ0n) is 16.6. The second kappa shape index (κ2) is 12.3. The molecule has 0 aromatic heterocycles. The molecule has 0 saturated heterocycles. The molecule has 0 saturated carbocycles. The zero-order valence-corrected chi connectivity index (χ0v) is 19.1. The Balaban J connectivity index is 2.20. The predicted octanol–water partition coefficient (Wildman–Crippen LogP) is 3.64. The summed E-state index contributed by atoms with van der Waals surface area (Å²) in [6, 6.07) is 12.8. The quantitative estimate of drug-likeness (QED) is 0.348. The van der Waals surface area contributed by atoms with Crippen LogP contribution in [0.4, 0.5) is 4.79 Å². The molecular weight excluding hydrogens is 490 g/mol. The van der Waals surface area contributed by atoms with E-state index in [4.69, 9.17) is 14.2 Å². The number of imide groups is 1. The van der Waals surface area contributed by atoms with Gasteiger partial charge in [0.2, 0.25) is 0 Å². The Morgan fingerprint density at radius 3 is 2.52 bits per heavy atom. The molecule has 2 aromatic carbocycles. The van der Waals surface area contributed by atoms with Crippen molar-refractivity contribution >= 4 is 46.5 Å². The number of phenols is 1. The van der Waals surface area contributed by atoms with E-state index in [-0.39, 0.29) is 35.7 Å². The SMILES string of the molecule is CO[C@H](CCOC(=O)CS)[C@H](OC(=O)NC(=O)c1ccccc1)c1cc(Br)ccc1O. The predicted molar refractivity (Wildman–Crippen MR) is 119 cm³/mol. The van der Waals surface area contributed by atoms with Gasteiger partial charge in [0.1, 0.15) is 11.9 Å². The van der Waals surface area contributed by atoms with Gasteiger partial charge in [-0.25, -0.2) is 4.79 Å². The number of benzene rings is 2. The van der Waals surface area contributed by atoms with Crippen molar-refractivity contribution in [3.63, 3.8) is 0 Å². The number of methoxy groups -OCH3 is 1. The van der Waals surface area contributed by atoms with Crippen molar-refractivity contribution in [1.82, 2.24) is 5.32 Å². The van der Waals surface area contributed by atoms with E-state index in [9.17, 15) is 19.5 Å². The van der Waals surface area contributed by atoms with E-state index in [1.807, 2.05) is 0 Å². The van der Waals surface area contributed by atoms with Crippen LogP contribution >= 0.6 is 28.6 Å². The van der Waals surface area contributed by atoms with Crippen LogP contribution in [-0.4, -0.2) is 48.6 Å². The van der Waals surface area contributed by atoms with Crippen LogP contribution in [0.5, 0.6) is 5.75 Å². The number of carbonyl (C=O) groups excluding carboxylic acids is 3. The first-order chi connectivity index (χ1) is 14.8. The second-order valence-electron chi connectivity index (χ2n) is 6.29. The number of alkyl carbamates (subject to hydrolysis) is 1. The number of halogens is 1. The zero-order chi connectivity index (χ0) is 22.8. The number of thiol groups is 1. The molecule has 2 N–H and O–H groups in total. The van der Waals surface area contributed by atoms with Crippen LogP contribution in [0.25, 0.3) is 0 Å². The number of carbonyl (C=O) groups is 3. The number of aromatic hydroxyl groups is 1. The molecule has 0 fully saturated rings. The maximum Gasteiger partial charge on any atom is 0.414 e. The lowest BCUT2D eigenvalue weighted by Gasteiger charge is -2.27. The van der Waals surface area contributed by atoms with Gasteiger partial charge < -0.3 is 19.3 Å². The number of phenolic OH excluding ortho intramolecular Hbond substituents is 1. The summed E-state index contributed by atoms with van der Waals surface area (Å²) in [7, 11) is 1.39. The van der Waals surface area contributed by atoms with Crippen molar-refractivity contribution in [3.05, 3.63) is 64.1 Å². The normalized spacial score (nSPS) is 12.5. The average Bonchev–Trinajstić information content (AvgIpc) is 2.77. The standard InChI is InChI=1S/C21H22BrNO7S/c1-28-17(9-10-29-18(25)12-31)19(15-11-14(22)7-8-16(15)24)30-21(27)23-20(26)13-5-3-2-4-6-13/h2-8,11,17,19,24,31H,9-10,12H2,1H3,(H,23,26,27)/t17-,19-/m1/s1. The van der Waals surface area contributed by atoms with Crippen LogP contribution in [0.3, 0.4) is 0 Å². The fourth-order valence-corrected chi connectivity index (χ4v) is 3.19. The van der Waals surface area contributed by atoms with Gasteiger partial charge in [-0.1, -0.05) is 34.1 Å². The highest BCUT2D eigenvalue weighted by atomic mass is 79.9. The summed E-state index contributed by atoms with van der Waals surface area (Å²) in [6.07, 6.45) is -2.74. The van der Waals surface area contributed by atoms with E-state index in [0.29, 0.717) is 4.47 Å². The van der Waals surface area contributed by atoms with Crippen molar-refractivity contribution in [2.24, 2.45) is 0 Å². The van der Waals surface area contributed by atoms with E-state index >= 15 is 0 Å². The summed E-state index contributed by atoms with van der Waals surface area (Å²) in [5, 5.41) is 12.5. The molecule has 0 bridgehead atoms. The summed E-state index contributed by atoms with van der Waals surface area (Å²) in [4.78, 5) is 36.0. The van der Waals surface area contributed by atoms with Gasteiger partial charge >= 0.3 is 12.1 Å². The van der Waals surface area contributed by atoms with E-state index in [2.05, 4.69) is 33.9 Å². The number of nitrogens with one attached hydrogen (secondary N) is 1. The molecule has 0 spiro atoms. The number of rotatable bonds is 9. The molecule has 8 nitrogen and oxygen atoms in total. The molecule has 0 heterocycles. The highest BCUT2D eigenvalue weighted by Crippen LogP contribution is 2.34. The van der Waals surface area contributed by atoms with Gasteiger partial charge in [0, 0.05) is 29.1 Å². The fourth-order valence-electron chi connectivity index (χ4n) is 2.72. The minimum Gasteiger partial charge on any atom is -0.508 e. The molecule has 0 aliphatic heterocycles. The maximum atomic E-state index is 12.5. The molecule has 0 radical (unpaired) electrons. The van der Waals surface area contributed by atoms with Crippen LogP contribution in [0.1, 0.15) is 28.4 Å². The third-order valence-electron chi connectivity index (χ3n) is 4.22. The topological polar surface area (TPSA) is 111 Å². The Bertz CT molecular complexity index is 910. The maximum absolute atomic E-state index is 12.5. The Labute approximate surface area is 193 Å². The second-order valence-corrected chi connectivity index (χ2v) is 7.52. The lowest BCUT2D eigenvalue weighted by Crippen LogP contribution is -2.35. The Morgan fingerprint density at radius 1 is 1.16 bits per heavy atom. The largest absolute Gasteiger partial charge is 0.508 e. The number of hydrogen-bond donors (Lipinski definition) is 3. The summed E-state index contributed by atoms with van der Waals surface area (Å²) < 4.78 is 16.6. The molecule has 10 heteroatoms. The first kappa shape index (κ1) is 24.7. The Kier molecular flexibility index (Phi) is 9.83. The molecule has 2 atom stereocenters. The summed E-state index contributed by atoms with van der Waals surface area (Å²) in [5.74, 6) is -1.36. The highest BCUT2D eigenvalue weighted by Gasteiger charge is 2.30. The van der Waals surface area contributed by atoms with Crippen molar-refractivity contribution in [3.8, 4) is 5.75 Å². The van der Waals surface area contributed by atoms with Gasteiger partial charge in [-0.05, 0) is 30.3 Å². The summed E-state index contributed by atoms with van der Waals surface area (Å²) >= 11 is 7.15. The van der Waals surface area contributed by atoms with Gasteiger partial charge in [-0.2, -0.15) is 12.6 Å². The minimum absolute atomic E-state index is 0.0168. The molecule has 0 aliphatic rings. The van der Waals surface area contributed by atoms with Crippen LogP contribution in [-0.2, 0) is 19.0 Å². The molecule has 2 aromatic rings. The molecule has 2 rings (SSSR count). The third kappa shape index (κ3) is 7.57. The summed E-state index contributed by atoms with van der Waals surface area (Å²) in [5.41, 5.74) is 0.535. The van der Waals surface area contributed by atoms with Crippen LogP contribution < -0.4 is 5.32 Å². The number of ether oxygens (including phenoxy) is 3. The Hall–Kier alpha value is -2.56. The number of amides is 2. The van der Waals surface area contributed by atoms with Crippen molar-refractivity contribution in [2.45, 2.75) is 18.6 Å². The number of esters is 1. The molecular formula is C21H22BrNO7S. The molecule has 31 heavy (non-hydrogen) atoms. The lowest BCUT2D eigenvalue weighted by molar-refractivity contribution is -0.141. The molecule has 166 valence electrons. The van der Waals surface area contributed by atoms with Crippen LogP contribution in [0.2, 0.25) is 0 Å². The highest BCUT2D eigenvalue weighted by molar-refractivity contribution is 9.10. The van der Waals surface area contributed by atoms with E-state index in [0.717, 1.165) is 0 Å². The van der Waals surface area contributed by atoms with Crippen molar-refractivity contribution in [2.75, 3.05) is 19.5 Å². The fraction of sp³-hybridized carbons (Fsp3) is 0.286. The van der Waals surface area contributed by atoms with Gasteiger partial charge in [0.05, 0.1) is 12.4 Å². The first-order valence-electron chi connectivity index (χ1n) is 9.20. The van der Waals surface area contributed by atoms with Gasteiger partial charge in [0.25, 0.3) is 5.91 Å². The van der Waals surface area contributed by atoms with Crippen molar-refractivity contribution < 1.29 is 33.7 Å². The summed E-state index contributed by atoms with van der Waals surface area (Å²) in [6.45, 7) is -0.0168. The van der Waals surface area contributed by atoms with E-state index < -0.39 is 30.2 Å². The third-order valence-corrected chi connectivity index (χ3v) is 4.97.